The fraction of sp³-hybridized carbons (Fsp3) is 0.130. The van der Waals surface area contributed by atoms with Gasteiger partial charge in [0.2, 0.25) is 0 Å². The van der Waals surface area contributed by atoms with Crippen LogP contribution in [-0.2, 0) is 15.3 Å². The molecule has 0 N–H and O–H groups in total. The number of benzene rings is 2. The molecule has 0 spiro atoms. The maximum absolute atomic E-state index is 13.3. The van der Waals surface area contributed by atoms with Crippen molar-refractivity contribution < 1.29 is 14.0 Å². The molecule has 0 unspecified atom stereocenters. The molecule has 3 aromatic rings. The number of imide groups is 1. The Hall–Kier alpha value is -3.05. The monoisotopic (exact) mass is 389 g/mol. The second-order valence-electron chi connectivity index (χ2n) is 6.67. The van der Waals surface area contributed by atoms with E-state index in [4.69, 9.17) is 4.42 Å². The number of carbonyl (C=O) groups excluding carboxylic acids is 2. The molecule has 0 radical (unpaired) electrons. The molecule has 0 atom stereocenters. The third kappa shape index (κ3) is 3.29. The highest BCUT2D eigenvalue weighted by Crippen LogP contribution is 2.40. The number of carbonyl (C=O) groups is 2. The van der Waals surface area contributed by atoms with Crippen LogP contribution in [0.2, 0.25) is 0 Å². The Labute approximate surface area is 167 Å². The normalized spacial score (nSPS) is 14.3. The van der Waals surface area contributed by atoms with Crippen molar-refractivity contribution in [3.63, 3.8) is 0 Å². The first-order chi connectivity index (χ1) is 13.6. The lowest BCUT2D eigenvalue weighted by Gasteiger charge is -2.15. The highest BCUT2D eigenvalue weighted by atomic mass is 32.2. The lowest BCUT2D eigenvalue weighted by Crippen LogP contribution is -2.31. The molecule has 2 heterocycles. The Morgan fingerprint density at radius 1 is 0.929 bits per heavy atom. The minimum absolute atomic E-state index is 0.287. The summed E-state index contributed by atoms with van der Waals surface area (Å²) in [4.78, 5) is 28.3. The van der Waals surface area contributed by atoms with E-state index in [1.165, 1.54) is 16.7 Å². The van der Waals surface area contributed by atoms with Gasteiger partial charge in [-0.25, -0.2) is 4.90 Å². The molecule has 5 heteroatoms. The van der Waals surface area contributed by atoms with E-state index in [-0.39, 0.29) is 11.8 Å². The number of rotatable bonds is 5. The number of hydrogen-bond donors (Lipinski definition) is 0. The molecule has 1 aliphatic rings. The Balaban J connectivity index is 1.79. The largest absolute Gasteiger partial charge is 0.468 e. The first-order valence-corrected chi connectivity index (χ1v) is 9.95. The molecule has 4 rings (SSSR count). The van der Waals surface area contributed by atoms with Crippen molar-refractivity contribution in [3.8, 4) is 0 Å². The van der Waals surface area contributed by atoms with Gasteiger partial charge in [0.25, 0.3) is 11.8 Å². The fourth-order valence-corrected chi connectivity index (χ4v) is 4.33. The molecule has 140 valence electrons. The van der Waals surface area contributed by atoms with E-state index in [0.717, 1.165) is 22.5 Å². The zero-order chi connectivity index (χ0) is 19.7. The molecule has 1 aliphatic heterocycles. The standard InChI is InChI=1S/C23H19NO3S/c1-15-10-11-19(16(2)13-15)20-21(28-14-18-9-6-12-27-18)23(26)24(22(20)25)17-7-4-3-5-8-17/h3-13H,14H2,1-2H3. The van der Waals surface area contributed by atoms with Crippen LogP contribution in [0.25, 0.3) is 5.57 Å². The van der Waals surface area contributed by atoms with Crippen LogP contribution in [-0.4, -0.2) is 11.8 Å². The lowest BCUT2D eigenvalue weighted by atomic mass is 9.99. The minimum Gasteiger partial charge on any atom is -0.468 e. The number of para-hydroxylation sites is 1. The number of thioether (sulfide) groups is 1. The van der Waals surface area contributed by atoms with Crippen molar-refractivity contribution in [1.29, 1.82) is 0 Å². The number of hydrogen-bond acceptors (Lipinski definition) is 4. The maximum atomic E-state index is 13.3. The molecule has 0 aliphatic carbocycles. The number of aryl methyl sites for hydroxylation is 2. The van der Waals surface area contributed by atoms with Crippen molar-refractivity contribution in [2.24, 2.45) is 0 Å². The summed E-state index contributed by atoms with van der Waals surface area (Å²) < 4.78 is 5.39. The van der Waals surface area contributed by atoms with E-state index in [1.54, 1.807) is 18.4 Å². The van der Waals surface area contributed by atoms with Gasteiger partial charge in [0.15, 0.2) is 0 Å². The van der Waals surface area contributed by atoms with Crippen LogP contribution in [0.15, 0.2) is 76.2 Å². The third-order valence-electron chi connectivity index (χ3n) is 4.65. The van der Waals surface area contributed by atoms with Gasteiger partial charge in [0.05, 0.1) is 28.2 Å². The van der Waals surface area contributed by atoms with E-state index in [1.807, 2.05) is 62.4 Å². The summed E-state index contributed by atoms with van der Waals surface area (Å²) in [7, 11) is 0. The SMILES string of the molecule is Cc1ccc(C2=C(SCc3ccco3)C(=O)N(c3ccccc3)C2=O)c(C)c1. The number of furan rings is 1. The van der Waals surface area contributed by atoms with Crippen molar-refractivity contribution in [1.82, 2.24) is 0 Å². The number of nitrogens with zero attached hydrogens (tertiary/aromatic N) is 1. The highest BCUT2D eigenvalue weighted by Gasteiger charge is 2.40. The first-order valence-electron chi connectivity index (χ1n) is 8.97. The summed E-state index contributed by atoms with van der Waals surface area (Å²) in [5, 5.41) is 0. The maximum Gasteiger partial charge on any atom is 0.272 e. The van der Waals surface area contributed by atoms with Crippen LogP contribution in [0, 0.1) is 13.8 Å². The summed E-state index contributed by atoms with van der Waals surface area (Å²) in [6.45, 7) is 3.97. The van der Waals surface area contributed by atoms with E-state index in [0.29, 0.717) is 21.9 Å². The van der Waals surface area contributed by atoms with Gasteiger partial charge in [-0.05, 0) is 49.2 Å². The topological polar surface area (TPSA) is 50.5 Å². The van der Waals surface area contributed by atoms with Gasteiger partial charge in [0, 0.05) is 0 Å². The average Bonchev–Trinajstić information content (AvgIpc) is 3.28. The van der Waals surface area contributed by atoms with Gasteiger partial charge in [-0.15, -0.1) is 11.8 Å². The summed E-state index contributed by atoms with van der Waals surface area (Å²) in [6.07, 6.45) is 1.60. The zero-order valence-corrected chi connectivity index (χ0v) is 16.5. The molecule has 0 saturated heterocycles. The van der Waals surface area contributed by atoms with Crippen molar-refractivity contribution in [3.05, 3.63) is 94.3 Å². The van der Waals surface area contributed by atoms with Gasteiger partial charge < -0.3 is 4.42 Å². The van der Waals surface area contributed by atoms with Crippen molar-refractivity contribution >= 4 is 34.8 Å². The minimum atomic E-state index is -0.289. The summed E-state index contributed by atoms with van der Waals surface area (Å²) in [5.74, 6) is 0.669. The van der Waals surface area contributed by atoms with Crippen LogP contribution in [0.5, 0.6) is 0 Å². The summed E-state index contributed by atoms with van der Waals surface area (Å²) in [5.41, 5.74) is 3.92. The predicted molar refractivity (Wildman–Crippen MR) is 112 cm³/mol. The van der Waals surface area contributed by atoms with Crippen LogP contribution < -0.4 is 4.90 Å². The smallest absolute Gasteiger partial charge is 0.272 e. The molecule has 0 fully saturated rings. The molecule has 0 bridgehead atoms. The van der Waals surface area contributed by atoms with E-state index in [2.05, 4.69) is 0 Å². The third-order valence-corrected chi connectivity index (χ3v) is 5.74. The summed E-state index contributed by atoms with van der Waals surface area (Å²) >= 11 is 1.34. The Bertz CT molecular complexity index is 1070. The Morgan fingerprint density at radius 2 is 1.71 bits per heavy atom. The van der Waals surface area contributed by atoms with Gasteiger partial charge in [-0.3, -0.25) is 9.59 Å². The van der Waals surface area contributed by atoms with Crippen LogP contribution in [0.3, 0.4) is 0 Å². The molecule has 28 heavy (non-hydrogen) atoms. The van der Waals surface area contributed by atoms with Crippen LogP contribution in [0.4, 0.5) is 5.69 Å². The second kappa shape index (κ2) is 7.52. The number of amides is 2. The highest BCUT2D eigenvalue weighted by molar-refractivity contribution is 8.03. The van der Waals surface area contributed by atoms with E-state index in [9.17, 15) is 9.59 Å². The van der Waals surface area contributed by atoms with Crippen LogP contribution in [0.1, 0.15) is 22.5 Å². The Morgan fingerprint density at radius 3 is 2.39 bits per heavy atom. The van der Waals surface area contributed by atoms with E-state index < -0.39 is 0 Å². The lowest BCUT2D eigenvalue weighted by molar-refractivity contribution is -0.119. The molecule has 1 aromatic heterocycles. The molecule has 0 saturated carbocycles. The fourth-order valence-electron chi connectivity index (χ4n) is 3.32. The quantitative estimate of drug-likeness (QED) is 0.569. The molecule has 2 aromatic carbocycles. The average molecular weight is 389 g/mol. The summed E-state index contributed by atoms with van der Waals surface area (Å²) in [6, 6.07) is 18.6. The van der Waals surface area contributed by atoms with Gasteiger partial charge in [0.1, 0.15) is 5.76 Å². The zero-order valence-electron chi connectivity index (χ0n) is 15.6. The molecular weight excluding hydrogens is 370 g/mol. The molecule has 2 amide bonds. The van der Waals surface area contributed by atoms with Crippen molar-refractivity contribution in [2.75, 3.05) is 4.90 Å². The van der Waals surface area contributed by atoms with Crippen molar-refractivity contribution in [2.45, 2.75) is 19.6 Å². The van der Waals surface area contributed by atoms with Crippen LogP contribution >= 0.6 is 11.8 Å². The first kappa shape index (κ1) is 18.3. The van der Waals surface area contributed by atoms with E-state index >= 15 is 0 Å². The Kier molecular flexibility index (Phi) is 4.92. The molecular formula is C23H19NO3S. The number of anilines is 1. The second-order valence-corrected chi connectivity index (χ2v) is 7.66. The molecule has 4 nitrogen and oxygen atoms in total. The van der Waals surface area contributed by atoms with Gasteiger partial charge in [-0.2, -0.15) is 0 Å². The van der Waals surface area contributed by atoms with Gasteiger partial charge in [-0.1, -0.05) is 42.0 Å². The predicted octanol–water partition coefficient (Wildman–Crippen LogP) is 5.11. The van der Waals surface area contributed by atoms with Gasteiger partial charge >= 0.3 is 0 Å².